The molecule has 1 aliphatic heterocycles. The van der Waals surface area contributed by atoms with E-state index >= 15 is 0 Å². The lowest BCUT2D eigenvalue weighted by molar-refractivity contribution is 0.456. The first-order valence-electron chi connectivity index (χ1n) is 8.31. The third-order valence-electron chi connectivity index (χ3n) is 4.52. The van der Waals surface area contributed by atoms with E-state index in [4.69, 9.17) is 5.73 Å². The SMILES string of the molecule is Cc1cncc2cccc(S(=O)(=O)N3CC[C@H](NCCCN)C3)c12. The molecule has 0 radical (unpaired) electrons. The van der Waals surface area contributed by atoms with Crippen LogP contribution in [0.25, 0.3) is 10.8 Å². The van der Waals surface area contributed by atoms with Crippen LogP contribution in [-0.4, -0.2) is 49.9 Å². The van der Waals surface area contributed by atoms with E-state index in [0.717, 1.165) is 35.7 Å². The molecule has 0 amide bonds. The van der Waals surface area contributed by atoms with Gasteiger partial charge in [0, 0.05) is 42.3 Å². The second kappa shape index (κ2) is 7.14. The van der Waals surface area contributed by atoms with Gasteiger partial charge in [-0.25, -0.2) is 8.42 Å². The minimum absolute atomic E-state index is 0.198. The van der Waals surface area contributed by atoms with Crippen LogP contribution in [0.15, 0.2) is 35.5 Å². The minimum Gasteiger partial charge on any atom is -0.330 e. The van der Waals surface area contributed by atoms with E-state index in [9.17, 15) is 8.42 Å². The molecule has 1 aliphatic rings. The molecule has 0 aliphatic carbocycles. The van der Waals surface area contributed by atoms with Crippen LogP contribution in [0.1, 0.15) is 18.4 Å². The maximum Gasteiger partial charge on any atom is 0.243 e. The second-order valence-corrected chi connectivity index (χ2v) is 8.16. The van der Waals surface area contributed by atoms with Gasteiger partial charge >= 0.3 is 0 Å². The number of nitrogens with two attached hydrogens (primary N) is 1. The summed E-state index contributed by atoms with van der Waals surface area (Å²) in [6.45, 7) is 4.42. The third-order valence-corrected chi connectivity index (χ3v) is 6.42. The maximum atomic E-state index is 13.1. The number of sulfonamides is 1. The van der Waals surface area contributed by atoms with E-state index in [2.05, 4.69) is 10.3 Å². The van der Waals surface area contributed by atoms with Gasteiger partial charge in [0.05, 0.1) is 4.90 Å². The van der Waals surface area contributed by atoms with Crippen molar-refractivity contribution in [1.82, 2.24) is 14.6 Å². The van der Waals surface area contributed by atoms with E-state index in [-0.39, 0.29) is 6.04 Å². The molecule has 130 valence electrons. The Bertz CT molecular complexity index is 817. The summed E-state index contributed by atoms with van der Waals surface area (Å²) in [5, 5.41) is 5.01. The summed E-state index contributed by atoms with van der Waals surface area (Å²) in [5.74, 6) is 0. The van der Waals surface area contributed by atoms with Crippen LogP contribution in [0.3, 0.4) is 0 Å². The van der Waals surface area contributed by atoms with Gasteiger partial charge in [0.2, 0.25) is 10.0 Å². The molecule has 3 N–H and O–H groups in total. The Labute approximate surface area is 143 Å². The summed E-state index contributed by atoms with van der Waals surface area (Å²) < 4.78 is 27.9. The van der Waals surface area contributed by atoms with E-state index in [1.807, 2.05) is 13.0 Å². The van der Waals surface area contributed by atoms with Crippen molar-refractivity contribution in [3.63, 3.8) is 0 Å². The second-order valence-electron chi connectivity index (χ2n) is 6.26. The largest absolute Gasteiger partial charge is 0.330 e. The van der Waals surface area contributed by atoms with E-state index in [1.54, 1.807) is 28.8 Å². The third kappa shape index (κ3) is 3.30. The zero-order valence-corrected chi connectivity index (χ0v) is 14.7. The van der Waals surface area contributed by atoms with Gasteiger partial charge in [-0.2, -0.15) is 4.31 Å². The highest BCUT2D eigenvalue weighted by Crippen LogP contribution is 2.29. The molecule has 1 aromatic heterocycles. The summed E-state index contributed by atoms with van der Waals surface area (Å²) in [4.78, 5) is 4.54. The predicted octanol–water partition coefficient (Wildman–Crippen LogP) is 1.24. The first kappa shape index (κ1) is 17.3. The number of pyridine rings is 1. The standard InChI is InChI=1S/C17H24N4O2S/c1-13-10-19-11-14-4-2-5-16(17(13)14)24(22,23)21-9-6-15(12-21)20-8-3-7-18/h2,4-5,10-11,15,20H,3,6-9,12,18H2,1H3/t15-/m0/s1. The number of aromatic nitrogens is 1. The van der Waals surface area contributed by atoms with Gasteiger partial charge in [0.1, 0.15) is 0 Å². The van der Waals surface area contributed by atoms with Gasteiger partial charge in [-0.15, -0.1) is 0 Å². The van der Waals surface area contributed by atoms with Crippen LogP contribution in [0.2, 0.25) is 0 Å². The van der Waals surface area contributed by atoms with Crippen LogP contribution in [0.4, 0.5) is 0 Å². The zero-order valence-electron chi connectivity index (χ0n) is 13.9. The van der Waals surface area contributed by atoms with Crippen molar-refractivity contribution < 1.29 is 8.42 Å². The molecule has 0 spiro atoms. The number of hydrogen-bond donors (Lipinski definition) is 2. The van der Waals surface area contributed by atoms with Gasteiger partial charge < -0.3 is 11.1 Å². The first-order chi connectivity index (χ1) is 11.5. The highest BCUT2D eigenvalue weighted by molar-refractivity contribution is 7.89. The Balaban J connectivity index is 1.87. The lowest BCUT2D eigenvalue weighted by Gasteiger charge is -2.19. The molecule has 0 unspecified atom stereocenters. The quantitative estimate of drug-likeness (QED) is 0.767. The molecule has 1 atom stereocenters. The van der Waals surface area contributed by atoms with E-state index in [0.29, 0.717) is 24.5 Å². The van der Waals surface area contributed by atoms with Crippen LogP contribution in [0, 0.1) is 6.92 Å². The molecule has 24 heavy (non-hydrogen) atoms. The number of hydrogen-bond acceptors (Lipinski definition) is 5. The van der Waals surface area contributed by atoms with Crippen molar-refractivity contribution in [1.29, 1.82) is 0 Å². The Morgan fingerprint density at radius 2 is 2.21 bits per heavy atom. The number of aryl methyl sites for hydroxylation is 1. The van der Waals surface area contributed by atoms with Crippen LogP contribution >= 0.6 is 0 Å². The van der Waals surface area contributed by atoms with Crippen molar-refractivity contribution in [2.24, 2.45) is 5.73 Å². The lowest BCUT2D eigenvalue weighted by Crippen LogP contribution is -2.36. The number of benzene rings is 1. The summed E-state index contributed by atoms with van der Waals surface area (Å²) in [7, 11) is -3.51. The lowest BCUT2D eigenvalue weighted by atomic mass is 10.1. The maximum absolute atomic E-state index is 13.1. The monoisotopic (exact) mass is 348 g/mol. The predicted molar refractivity (Wildman–Crippen MR) is 95.3 cm³/mol. The smallest absolute Gasteiger partial charge is 0.243 e. The molecule has 1 saturated heterocycles. The topological polar surface area (TPSA) is 88.3 Å². The first-order valence-corrected chi connectivity index (χ1v) is 9.75. The normalized spacial score (nSPS) is 19.2. The Hall–Kier alpha value is -1.54. The van der Waals surface area contributed by atoms with Crippen molar-refractivity contribution in [3.8, 4) is 0 Å². The minimum atomic E-state index is -3.51. The fourth-order valence-corrected chi connectivity index (χ4v) is 5.03. The zero-order chi connectivity index (χ0) is 17.2. The molecule has 0 saturated carbocycles. The summed E-state index contributed by atoms with van der Waals surface area (Å²) in [6.07, 6.45) is 5.15. The van der Waals surface area contributed by atoms with Crippen molar-refractivity contribution >= 4 is 20.8 Å². The van der Waals surface area contributed by atoms with Gasteiger partial charge in [-0.3, -0.25) is 4.98 Å². The van der Waals surface area contributed by atoms with Crippen molar-refractivity contribution in [3.05, 3.63) is 36.2 Å². The van der Waals surface area contributed by atoms with Gasteiger partial charge in [0.15, 0.2) is 0 Å². The number of fused-ring (bicyclic) bond motifs is 1. The fourth-order valence-electron chi connectivity index (χ4n) is 3.25. The highest BCUT2D eigenvalue weighted by Gasteiger charge is 2.33. The Kier molecular flexibility index (Phi) is 5.15. The summed E-state index contributed by atoms with van der Waals surface area (Å²) in [6, 6.07) is 5.57. The molecule has 1 fully saturated rings. The molecule has 3 rings (SSSR count). The average molecular weight is 348 g/mol. The Morgan fingerprint density at radius 1 is 1.38 bits per heavy atom. The van der Waals surface area contributed by atoms with Crippen LogP contribution in [0.5, 0.6) is 0 Å². The average Bonchev–Trinajstić information content (AvgIpc) is 3.05. The van der Waals surface area contributed by atoms with E-state index < -0.39 is 10.0 Å². The fraction of sp³-hybridized carbons (Fsp3) is 0.471. The van der Waals surface area contributed by atoms with Crippen molar-refractivity contribution in [2.45, 2.75) is 30.7 Å². The number of nitrogens with one attached hydrogen (secondary N) is 1. The molecule has 2 aromatic rings. The Morgan fingerprint density at radius 3 is 3.00 bits per heavy atom. The molecule has 0 bridgehead atoms. The van der Waals surface area contributed by atoms with Gasteiger partial charge in [0.25, 0.3) is 0 Å². The van der Waals surface area contributed by atoms with E-state index in [1.165, 1.54) is 0 Å². The van der Waals surface area contributed by atoms with Crippen LogP contribution in [-0.2, 0) is 10.0 Å². The van der Waals surface area contributed by atoms with Gasteiger partial charge in [-0.05, 0) is 44.5 Å². The summed E-state index contributed by atoms with van der Waals surface area (Å²) in [5.41, 5.74) is 6.38. The van der Waals surface area contributed by atoms with Crippen LogP contribution < -0.4 is 11.1 Å². The molecular formula is C17H24N4O2S. The molecule has 2 heterocycles. The molecule has 1 aromatic carbocycles. The highest BCUT2D eigenvalue weighted by atomic mass is 32.2. The number of nitrogens with zero attached hydrogens (tertiary/aromatic N) is 2. The molecule has 7 heteroatoms. The molecular weight excluding hydrogens is 324 g/mol. The van der Waals surface area contributed by atoms with Crippen molar-refractivity contribution in [2.75, 3.05) is 26.2 Å². The number of rotatable bonds is 6. The van der Waals surface area contributed by atoms with Gasteiger partial charge in [-0.1, -0.05) is 12.1 Å². The molecule has 6 nitrogen and oxygen atoms in total. The summed E-state index contributed by atoms with van der Waals surface area (Å²) >= 11 is 0.